The highest BCUT2D eigenvalue weighted by Gasteiger charge is 2.52. The monoisotopic (exact) mass is 567 g/mol. The first kappa shape index (κ1) is 32.8. The van der Waals surface area contributed by atoms with Crippen LogP contribution in [0, 0.1) is 22.2 Å². The molecule has 1 atom stereocenters. The summed E-state index contributed by atoms with van der Waals surface area (Å²) < 4.78 is 0. The summed E-state index contributed by atoms with van der Waals surface area (Å²) in [5, 5.41) is 11.5. The van der Waals surface area contributed by atoms with E-state index in [2.05, 4.69) is 72.5 Å². The molecule has 1 aliphatic carbocycles. The number of benzene rings is 1. The van der Waals surface area contributed by atoms with Gasteiger partial charge in [0.15, 0.2) is 0 Å². The van der Waals surface area contributed by atoms with Crippen molar-refractivity contribution in [1.82, 2.24) is 10.2 Å². The molecule has 1 aromatic carbocycles. The first-order valence-electron chi connectivity index (χ1n) is 15.3. The highest BCUT2D eigenvalue weighted by Crippen LogP contribution is 2.50. The largest absolute Gasteiger partial charge is 0.481 e. The van der Waals surface area contributed by atoms with Crippen molar-refractivity contribution in [1.29, 1.82) is 0 Å². The Bertz CT molecular complexity index is 1120. The minimum atomic E-state index is -0.948. The van der Waals surface area contributed by atoms with Crippen molar-refractivity contribution in [2.75, 3.05) is 6.54 Å². The third-order valence-electron chi connectivity index (χ3n) is 8.63. The predicted octanol–water partition coefficient (Wildman–Crippen LogP) is 7.41. The van der Waals surface area contributed by atoms with Crippen molar-refractivity contribution < 1.29 is 19.5 Å². The van der Waals surface area contributed by atoms with Gasteiger partial charge in [0.05, 0.1) is 12.5 Å². The highest BCUT2D eigenvalue weighted by atomic mass is 16.4. The van der Waals surface area contributed by atoms with E-state index in [4.69, 9.17) is 10.1 Å². The van der Waals surface area contributed by atoms with Crippen LogP contribution in [0.25, 0.3) is 0 Å². The molecule has 0 bridgehead atoms. The SMILES string of the molecule is CC(C)(C)CC[C@H](c1ccc(C(=O)NCCC(=O)O)cc1)N1C(=O)C(CC(C)(C)C)=NC12CCC(C(C)(C)C)CC2. The third kappa shape index (κ3) is 8.65. The minimum Gasteiger partial charge on any atom is -0.481 e. The number of hydrogen-bond donors (Lipinski definition) is 2. The summed E-state index contributed by atoms with van der Waals surface area (Å²) in [5.74, 6) is -0.590. The van der Waals surface area contributed by atoms with Crippen LogP contribution in [0.5, 0.6) is 0 Å². The molecule has 41 heavy (non-hydrogen) atoms. The van der Waals surface area contributed by atoms with E-state index in [1.54, 1.807) is 12.1 Å². The molecule has 228 valence electrons. The van der Waals surface area contributed by atoms with Crippen molar-refractivity contribution in [3.05, 3.63) is 35.4 Å². The van der Waals surface area contributed by atoms with E-state index in [1.807, 2.05) is 12.1 Å². The lowest BCUT2D eigenvalue weighted by Gasteiger charge is -2.48. The summed E-state index contributed by atoms with van der Waals surface area (Å²) in [5.41, 5.74) is 1.92. The molecule has 1 fully saturated rings. The number of nitrogens with zero attached hydrogens (tertiary/aromatic N) is 2. The van der Waals surface area contributed by atoms with E-state index in [9.17, 15) is 14.4 Å². The Kier molecular flexibility index (Phi) is 9.82. The smallest absolute Gasteiger partial charge is 0.305 e. The summed E-state index contributed by atoms with van der Waals surface area (Å²) in [6.07, 6.45) is 6.09. The Morgan fingerprint density at radius 3 is 2.07 bits per heavy atom. The van der Waals surface area contributed by atoms with Crippen molar-refractivity contribution >= 4 is 23.5 Å². The zero-order valence-corrected chi connectivity index (χ0v) is 26.9. The lowest BCUT2D eigenvalue weighted by Crippen LogP contribution is -2.51. The quantitative estimate of drug-likeness (QED) is 0.324. The lowest BCUT2D eigenvalue weighted by molar-refractivity contribution is -0.137. The van der Waals surface area contributed by atoms with Gasteiger partial charge in [-0.05, 0) is 84.8 Å². The van der Waals surface area contributed by atoms with Crippen LogP contribution in [0.15, 0.2) is 29.3 Å². The van der Waals surface area contributed by atoms with E-state index in [0.29, 0.717) is 23.6 Å². The number of aliphatic imine (C=N–C) groups is 1. The van der Waals surface area contributed by atoms with Crippen molar-refractivity contribution in [3.63, 3.8) is 0 Å². The van der Waals surface area contributed by atoms with Gasteiger partial charge >= 0.3 is 5.97 Å². The van der Waals surface area contributed by atoms with Gasteiger partial charge in [-0.3, -0.25) is 19.4 Å². The second-order valence-electron chi connectivity index (χ2n) is 15.7. The molecule has 0 radical (unpaired) electrons. The molecule has 7 nitrogen and oxygen atoms in total. The molecule has 0 aromatic heterocycles. The molecular weight excluding hydrogens is 514 g/mol. The molecule has 1 aliphatic heterocycles. The maximum atomic E-state index is 14.3. The Morgan fingerprint density at radius 1 is 1.00 bits per heavy atom. The van der Waals surface area contributed by atoms with Gasteiger partial charge in [0.2, 0.25) is 0 Å². The van der Waals surface area contributed by atoms with Gasteiger partial charge in [-0.2, -0.15) is 0 Å². The predicted molar refractivity (Wildman–Crippen MR) is 165 cm³/mol. The first-order valence-corrected chi connectivity index (χ1v) is 15.3. The number of amides is 2. The van der Waals surface area contributed by atoms with Gasteiger partial charge in [0.25, 0.3) is 11.8 Å². The zero-order chi connectivity index (χ0) is 30.8. The molecule has 2 N–H and O–H groups in total. The van der Waals surface area contributed by atoms with Gasteiger partial charge in [-0.1, -0.05) is 74.4 Å². The Balaban J connectivity index is 1.98. The summed E-state index contributed by atoms with van der Waals surface area (Å²) >= 11 is 0. The number of carboxylic acid groups (broad SMARTS) is 1. The number of carboxylic acids is 1. The highest BCUT2D eigenvalue weighted by molar-refractivity contribution is 6.40. The Labute approximate surface area is 247 Å². The van der Waals surface area contributed by atoms with Crippen LogP contribution >= 0.6 is 0 Å². The summed E-state index contributed by atoms with van der Waals surface area (Å²) in [7, 11) is 0. The standard InChI is InChI=1S/C34H53N3O4/c1-31(2,3)18-16-27(23-10-12-24(13-11-23)29(40)35-21-17-28(38)39)37-30(41)26(22-32(4,5)6)36-34(37)19-14-25(15-20-34)33(7,8)9/h10-13,25,27H,14-22H2,1-9H3,(H,35,40)(H,38,39)/t25?,27-,34?/m1/s1. The molecule has 0 saturated heterocycles. The molecule has 2 aliphatic rings. The molecule has 1 aromatic rings. The van der Waals surface area contributed by atoms with Gasteiger partial charge in [0, 0.05) is 12.1 Å². The second-order valence-corrected chi connectivity index (χ2v) is 15.7. The van der Waals surface area contributed by atoms with Gasteiger partial charge < -0.3 is 15.3 Å². The molecule has 3 rings (SSSR count). The molecule has 2 amide bonds. The van der Waals surface area contributed by atoms with E-state index < -0.39 is 11.6 Å². The lowest BCUT2D eigenvalue weighted by atomic mass is 9.69. The fourth-order valence-electron chi connectivity index (χ4n) is 6.29. The minimum absolute atomic E-state index is 0.0507. The van der Waals surface area contributed by atoms with Crippen molar-refractivity contribution in [2.24, 2.45) is 27.2 Å². The van der Waals surface area contributed by atoms with E-state index in [0.717, 1.165) is 44.1 Å². The maximum absolute atomic E-state index is 14.3. The second kappa shape index (κ2) is 12.3. The third-order valence-corrected chi connectivity index (χ3v) is 8.63. The van der Waals surface area contributed by atoms with Crippen molar-refractivity contribution in [3.8, 4) is 0 Å². The molecule has 1 heterocycles. The fourth-order valence-corrected chi connectivity index (χ4v) is 6.29. The summed E-state index contributed by atoms with van der Waals surface area (Å²) in [6, 6.07) is 7.34. The van der Waals surface area contributed by atoms with E-state index in [-0.39, 0.29) is 47.1 Å². The Morgan fingerprint density at radius 2 is 1.59 bits per heavy atom. The van der Waals surface area contributed by atoms with Crippen LogP contribution in [0.4, 0.5) is 0 Å². The van der Waals surface area contributed by atoms with Gasteiger partial charge in [-0.15, -0.1) is 0 Å². The molecule has 1 saturated carbocycles. The molecule has 0 unspecified atom stereocenters. The maximum Gasteiger partial charge on any atom is 0.305 e. The molecule has 7 heteroatoms. The average molecular weight is 568 g/mol. The summed E-state index contributed by atoms with van der Waals surface area (Å²) in [6.45, 7) is 20.2. The van der Waals surface area contributed by atoms with Crippen LogP contribution in [0.1, 0.15) is 136 Å². The van der Waals surface area contributed by atoms with Crippen LogP contribution in [-0.4, -0.2) is 45.7 Å². The topological polar surface area (TPSA) is 99.1 Å². The first-order chi connectivity index (χ1) is 18.8. The average Bonchev–Trinajstić information content (AvgIpc) is 3.07. The van der Waals surface area contributed by atoms with E-state index >= 15 is 0 Å². The molecular formula is C34H53N3O4. The number of rotatable bonds is 9. The van der Waals surface area contributed by atoms with Crippen LogP contribution in [-0.2, 0) is 9.59 Å². The fraction of sp³-hybridized carbons (Fsp3) is 0.706. The number of hydrogen-bond acceptors (Lipinski definition) is 4. The number of aliphatic carboxylic acids is 1. The summed E-state index contributed by atoms with van der Waals surface area (Å²) in [4.78, 5) is 45.2. The molecule has 1 spiro atoms. The van der Waals surface area contributed by atoms with Crippen LogP contribution in [0.3, 0.4) is 0 Å². The zero-order valence-electron chi connectivity index (χ0n) is 26.9. The number of carbonyl (C=O) groups excluding carboxylic acids is 2. The van der Waals surface area contributed by atoms with Gasteiger partial charge in [0.1, 0.15) is 11.4 Å². The van der Waals surface area contributed by atoms with E-state index in [1.165, 1.54) is 0 Å². The van der Waals surface area contributed by atoms with Crippen LogP contribution in [0.2, 0.25) is 0 Å². The number of carbonyl (C=O) groups is 3. The normalized spacial score (nSPS) is 22.6. The van der Waals surface area contributed by atoms with Crippen molar-refractivity contribution in [2.45, 2.75) is 125 Å². The number of nitrogens with one attached hydrogen (secondary N) is 1. The Hall–Kier alpha value is -2.70. The van der Waals surface area contributed by atoms with Gasteiger partial charge in [-0.25, -0.2) is 0 Å². The van der Waals surface area contributed by atoms with Crippen LogP contribution < -0.4 is 5.32 Å².